The van der Waals surface area contributed by atoms with Gasteiger partial charge in [-0.05, 0) is 48.8 Å². The Kier molecular flexibility index (Phi) is 5.41. The van der Waals surface area contributed by atoms with Crippen molar-refractivity contribution in [2.24, 2.45) is 0 Å². The van der Waals surface area contributed by atoms with Gasteiger partial charge in [-0.2, -0.15) is 5.10 Å². The summed E-state index contributed by atoms with van der Waals surface area (Å²) in [6.45, 7) is 5.67. The number of ether oxygens (including phenoxy) is 1. The molecule has 2 aromatic heterocycles. The largest absolute Gasteiger partial charge is 0.463 e. The minimum Gasteiger partial charge on any atom is -0.463 e. The van der Waals surface area contributed by atoms with E-state index in [4.69, 9.17) is 4.74 Å². The quantitative estimate of drug-likeness (QED) is 0.661. The Morgan fingerprint density at radius 1 is 1.19 bits per heavy atom. The zero-order valence-corrected chi connectivity index (χ0v) is 16.3. The molecule has 3 rings (SSSR count). The number of amides is 1. The van der Waals surface area contributed by atoms with E-state index < -0.39 is 6.10 Å². The molecule has 1 atom stereocenters. The number of carbonyl (C=O) groups is 1. The molecule has 0 unspecified atom stereocenters. The number of nitrogens with one attached hydrogen (secondary N) is 1. The van der Waals surface area contributed by atoms with Crippen LogP contribution in [0.4, 0.5) is 5.82 Å². The van der Waals surface area contributed by atoms with E-state index in [1.807, 2.05) is 44.2 Å². The molecule has 0 radical (unpaired) electrons. The van der Waals surface area contributed by atoms with Crippen LogP contribution in [0.15, 0.2) is 53.3 Å². The summed E-state index contributed by atoms with van der Waals surface area (Å²) in [5, 5.41) is 11.4. The van der Waals surface area contributed by atoms with Crippen molar-refractivity contribution in [2.45, 2.75) is 32.9 Å². The number of nitrogens with zero attached hydrogens (tertiary/aromatic N) is 4. The molecule has 8 heteroatoms. The summed E-state index contributed by atoms with van der Waals surface area (Å²) in [5.41, 5.74) is 0.904. The van der Waals surface area contributed by atoms with Crippen LogP contribution < -0.4 is 10.1 Å². The number of rotatable bonds is 6. The molecule has 1 N–H and O–H groups in total. The molecule has 7 nitrogen and oxygen atoms in total. The van der Waals surface area contributed by atoms with Crippen molar-refractivity contribution >= 4 is 27.7 Å². The van der Waals surface area contributed by atoms with Crippen LogP contribution in [0, 0.1) is 0 Å². The van der Waals surface area contributed by atoms with E-state index in [-0.39, 0.29) is 11.9 Å². The first kappa shape index (κ1) is 18.2. The summed E-state index contributed by atoms with van der Waals surface area (Å²) in [5.74, 6) is 0.719. The van der Waals surface area contributed by atoms with Gasteiger partial charge in [-0.15, -0.1) is 5.10 Å². The molecule has 0 saturated carbocycles. The summed E-state index contributed by atoms with van der Waals surface area (Å²) >= 11 is 3.43. The zero-order valence-electron chi connectivity index (χ0n) is 14.8. The fourth-order valence-corrected chi connectivity index (χ4v) is 2.77. The number of hydrogen-bond donors (Lipinski definition) is 1. The average Bonchev–Trinajstić information content (AvgIpc) is 3.23. The molecule has 1 amide bonds. The summed E-state index contributed by atoms with van der Waals surface area (Å²) in [7, 11) is 0. The van der Waals surface area contributed by atoms with Gasteiger partial charge in [0.25, 0.3) is 5.91 Å². The lowest BCUT2D eigenvalue weighted by Gasteiger charge is -2.15. The predicted octanol–water partition coefficient (Wildman–Crippen LogP) is 3.82. The number of anilines is 1. The van der Waals surface area contributed by atoms with Crippen LogP contribution in [0.5, 0.6) is 5.88 Å². The predicted molar refractivity (Wildman–Crippen MR) is 103 cm³/mol. The van der Waals surface area contributed by atoms with E-state index in [0.29, 0.717) is 16.2 Å². The van der Waals surface area contributed by atoms with Gasteiger partial charge in [-0.1, -0.05) is 18.2 Å². The van der Waals surface area contributed by atoms with Gasteiger partial charge in [0.05, 0.1) is 16.4 Å². The van der Waals surface area contributed by atoms with Crippen molar-refractivity contribution < 1.29 is 9.53 Å². The third kappa shape index (κ3) is 3.96. The topological polar surface area (TPSA) is 74.0 Å². The van der Waals surface area contributed by atoms with Crippen LogP contribution in [-0.2, 0) is 4.79 Å². The fourth-order valence-electron chi connectivity index (χ4n) is 2.40. The van der Waals surface area contributed by atoms with Crippen LogP contribution >= 0.6 is 15.9 Å². The maximum Gasteiger partial charge on any atom is 0.266 e. The second kappa shape index (κ2) is 7.74. The lowest BCUT2D eigenvalue weighted by molar-refractivity contribution is -0.122. The van der Waals surface area contributed by atoms with Crippen molar-refractivity contribution in [3.05, 3.63) is 53.3 Å². The molecule has 2 heterocycles. The van der Waals surface area contributed by atoms with Crippen LogP contribution in [0.2, 0.25) is 0 Å². The van der Waals surface area contributed by atoms with Crippen molar-refractivity contribution in [3.8, 4) is 11.6 Å². The highest BCUT2D eigenvalue weighted by molar-refractivity contribution is 9.10. The summed E-state index contributed by atoms with van der Waals surface area (Å²) in [6, 6.07) is 11.6. The smallest absolute Gasteiger partial charge is 0.266 e. The number of aromatic nitrogens is 4. The number of benzene rings is 1. The van der Waals surface area contributed by atoms with Gasteiger partial charge >= 0.3 is 0 Å². The Labute approximate surface area is 160 Å². The van der Waals surface area contributed by atoms with Gasteiger partial charge in [0.1, 0.15) is 5.82 Å². The summed E-state index contributed by atoms with van der Waals surface area (Å²) < 4.78 is 9.85. The van der Waals surface area contributed by atoms with Gasteiger partial charge in [-0.3, -0.25) is 4.79 Å². The minimum atomic E-state index is -0.721. The highest BCUT2D eigenvalue weighted by atomic mass is 79.9. The average molecular weight is 418 g/mol. The SMILES string of the molecule is CC(C)n1nccc1NC(=O)[C@H](C)Oc1nn(-c2ccccc2)cc1Br. The van der Waals surface area contributed by atoms with Crippen LogP contribution in [0.25, 0.3) is 5.69 Å². The summed E-state index contributed by atoms with van der Waals surface area (Å²) in [6.07, 6.45) is 2.73. The van der Waals surface area contributed by atoms with Gasteiger partial charge in [0.15, 0.2) is 6.10 Å². The minimum absolute atomic E-state index is 0.146. The third-order valence-electron chi connectivity index (χ3n) is 3.73. The molecule has 0 spiro atoms. The molecular formula is C18H20BrN5O2. The lowest BCUT2D eigenvalue weighted by Crippen LogP contribution is -2.31. The van der Waals surface area contributed by atoms with E-state index in [2.05, 4.69) is 31.4 Å². The van der Waals surface area contributed by atoms with E-state index in [1.54, 1.807) is 34.7 Å². The second-order valence-corrected chi connectivity index (χ2v) is 6.92. The first-order valence-corrected chi connectivity index (χ1v) is 9.06. The normalized spacial score (nSPS) is 12.2. The Hall–Kier alpha value is -2.61. The molecule has 0 aliphatic rings. The standard InChI is InChI=1S/C18H20BrN5O2/c1-12(2)24-16(9-10-20-24)21-17(25)13(3)26-18-15(19)11-23(22-18)14-7-5-4-6-8-14/h4-13H,1-3H3,(H,21,25)/t13-/m0/s1. The molecule has 0 aliphatic heterocycles. The Morgan fingerprint density at radius 3 is 2.62 bits per heavy atom. The van der Waals surface area contributed by atoms with E-state index in [9.17, 15) is 4.79 Å². The molecule has 26 heavy (non-hydrogen) atoms. The molecule has 0 fully saturated rings. The third-order valence-corrected chi connectivity index (χ3v) is 4.27. The van der Waals surface area contributed by atoms with Crippen LogP contribution in [0.3, 0.4) is 0 Å². The maximum absolute atomic E-state index is 12.5. The Bertz CT molecular complexity index is 888. The first-order chi connectivity index (χ1) is 12.5. The van der Waals surface area contributed by atoms with E-state index in [1.165, 1.54) is 0 Å². The molecule has 0 bridgehead atoms. The van der Waals surface area contributed by atoms with Crippen molar-refractivity contribution in [3.63, 3.8) is 0 Å². The number of para-hydroxylation sites is 1. The highest BCUT2D eigenvalue weighted by Crippen LogP contribution is 2.25. The van der Waals surface area contributed by atoms with Crippen molar-refractivity contribution in [2.75, 3.05) is 5.32 Å². The Balaban J connectivity index is 1.70. The van der Waals surface area contributed by atoms with Gasteiger partial charge in [0.2, 0.25) is 5.88 Å². The molecule has 0 saturated heterocycles. The molecule has 136 valence electrons. The first-order valence-electron chi connectivity index (χ1n) is 8.27. The molecule has 1 aromatic carbocycles. The van der Waals surface area contributed by atoms with Crippen LogP contribution in [0.1, 0.15) is 26.8 Å². The van der Waals surface area contributed by atoms with Gasteiger partial charge in [-0.25, -0.2) is 9.36 Å². The Morgan fingerprint density at radius 2 is 1.92 bits per heavy atom. The molecular weight excluding hydrogens is 398 g/mol. The summed E-state index contributed by atoms with van der Waals surface area (Å²) in [4.78, 5) is 12.5. The zero-order chi connectivity index (χ0) is 18.7. The van der Waals surface area contributed by atoms with Gasteiger partial charge < -0.3 is 10.1 Å². The second-order valence-electron chi connectivity index (χ2n) is 6.07. The van der Waals surface area contributed by atoms with Crippen molar-refractivity contribution in [1.82, 2.24) is 19.6 Å². The monoisotopic (exact) mass is 417 g/mol. The fraction of sp³-hybridized carbons (Fsp3) is 0.278. The lowest BCUT2D eigenvalue weighted by atomic mass is 10.3. The van der Waals surface area contributed by atoms with Gasteiger partial charge in [0, 0.05) is 18.3 Å². The highest BCUT2D eigenvalue weighted by Gasteiger charge is 2.20. The maximum atomic E-state index is 12.5. The number of hydrogen-bond acceptors (Lipinski definition) is 4. The van der Waals surface area contributed by atoms with Crippen LogP contribution in [-0.4, -0.2) is 31.6 Å². The number of carbonyl (C=O) groups excluding carboxylic acids is 1. The number of halogens is 1. The van der Waals surface area contributed by atoms with Crippen molar-refractivity contribution in [1.29, 1.82) is 0 Å². The van der Waals surface area contributed by atoms with E-state index in [0.717, 1.165) is 5.69 Å². The van der Waals surface area contributed by atoms with E-state index >= 15 is 0 Å². The molecule has 0 aliphatic carbocycles. The molecule has 3 aromatic rings.